The highest BCUT2D eigenvalue weighted by molar-refractivity contribution is 14.1. The van der Waals surface area contributed by atoms with Crippen molar-refractivity contribution < 1.29 is 14.4 Å². The van der Waals surface area contributed by atoms with E-state index in [0.717, 1.165) is 12.0 Å². The van der Waals surface area contributed by atoms with E-state index in [0.29, 0.717) is 19.5 Å². The van der Waals surface area contributed by atoms with Crippen molar-refractivity contribution >= 4 is 38.2 Å². The molecule has 0 aliphatic heterocycles. The monoisotopic (exact) mass is 416 g/mol. The summed E-state index contributed by atoms with van der Waals surface area (Å²) in [5.74, 6) is -0.240. The molecule has 6 heteroatoms. The highest BCUT2D eigenvalue weighted by Crippen LogP contribution is 2.05. The molecule has 0 saturated heterocycles. The van der Waals surface area contributed by atoms with Crippen molar-refractivity contribution in [1.29, 1.82) is 0 Å². The van der Waals surface area contributed by atoms with Gasteiger partial charge < -0.3 is 10.6 Å². The molecule has 0 spiro atoms. The first-order chi connectivity index (χ1) is 10.5. The maximum atomic E-state index is 11.8. The predicted molar refractivity (Wildman–Crippen MR) is 93.8 cm³/mol. The van der Waals surface area contributed by atoms with Crippen LogP contribution in [0.1, 0.15) is 30.9 Å². The molecule has 0 unspecified atom stereocenters. The van der Waals surface area contributed by atoms with Gasteiger partial charge in [-0.2, -0.15) is 0 Å². The number of amides is 2. The highest BCUT2D eigenvalue weighted by Gasteiger charge is 2.05. The zero-order chi connectivity index (χ0) is 16.4. The number of benzene rings is 1. The van der Waals surface area contributed by atoms with Crippen molar-refractivity contribution in [2.24, 2.45) is 0 Å². The van der Waals surface area contributed by atoms with E-state index >= 15 is 0 Å². The minimum atomic E-state index is -0.172. The lowest BCUT2D eigenvalue weighted by molar-refractivity contribution is -0.123. The Bertz CT molecular complexity index is 515. The molecule has 0 bridgehead atoms. The number of halogens is 1. The molecule has 0 heterocycles. The lowest BCUT2D eigenvalue weighted by Crippen LogP contribution is -2.35. The molecule has 0 radical (unpaired) electrons. The molecule has 2 amide bonds. The van der Waals surface area contributed by atoms with Crippen molar-refractivity contribution in [1.82, 2.24) is 10.6 Å². The van der Waals surface area contributed by atoms with Gasteiger partial charge in [0.2, 0.25) is 11.8 Å². The minimum absolute atomic E-state index is 0.0323. The normalized spacial score (nSPS) is 10.1. The molecule has 1 rings (SSSR count). The lowest BCUT2D eigenvalue weighted by atomic mass is 10.1. The summed E-state index contributed by atoms with van der Waals surface area (Å²) >= 11 is 1.67. The van der Waals surface area contributed by atoms with Gasteiger partial charge >= 0.3 is 0 Å². The first-order valence-corrected chi connectivity index (χ1v) is 8.38. The summed E-state index contributed by atoms with van der Waals surface area (Å²) in [4.78, 5) is 33.9. The van der Waals surface area contributed by atoms with Crippen LogP contribution in [0.3, 0.4) is 0 Å². The summed E-state index contributed by atoms with van der Waals surface area (Å²) in [6.45, 7) is 2.84. The molecule has 1 aromatic rings. The zero-order valence-electron chi connectivity index (χ0n) is 12.7. The number of hydrogen-bond donors (Lipinski definition) is 2. The molecule has 1 aromatic carbocycles. The fourth-order valence-electron chi connectivity index (χ4n) is 1.84. The van der Waals surface area contributed by atoms with Gasteiger partial charge in [-0.3, -0.25) is 14.4 Å². The van der Waals surface area contributed by atoms with Crippen LogP contribution in [0.25, 0.3) is 0 Å². The molecule has 0 aliphatic carbocycles. The largest absolute Gasteiger partial charge is 0.354 e. The second-order valence-electron chi connectivity index (χ2n) is 4.90. The van der Waals surface area contributed by atoms with Crippen LogP contribution < -0.4 is 10.6 Å². The summed E-state index contributed by atoms with van der Waals surface area (Å²) in [6.07, 6.45) is 1.75. The Balaban J connectivity index is 2.17. The molecule has 0 aromatic heterocycles. The van der Waals surface area contributed by atoms with Crippen molar-refractivity contribution in [2.75, 3.05) is 13.1 Å². The highest BCUT2D eigenvalue weighted by atomic mass is 127. The van der Waals surface area contributed by atoms with E-state index in [-0.39, 0.29) is 28.4 Å². The molecule has 0 aliphatic rings. The SMILES string of the molecule is CCc1ccc(CC(=O)NCCNC(=O)CCC(=O)I)cc1. The third-order valence-electron chi connectivity index (χ3n) is 3.11. The average molecular weight is 416 g/mol. The third kappa shape index (κ3) is 8.11. The third-order valence-corrected chi connectivity index (χ3v) is 3.65. The van der Waals surface area contributed by atoms with E-state index in [1.807, 2.05) is 24.3 Å². The van der Waals surface area contributed by atoms with E-state index in [1.54, 1.807) is 22.6 Å². The second kappa shape index (κ2) is 10.3. The van der Waals surface area contributed by atoms with Crippen LogP contribution in [0, 0.1) is 0 Å². The number of nitrogens with one attached hydrogen (secondary N) is 2. The Morgan fingerprint density at radius 1 is 0.909 bits per heavy atom. The maximum absolute atomic E-state index is 11.8. The van der Waals surface area contributed by atoms with E-state index < -0.39 is 0 Å². The van der Waals surface area contributed by atoms with Crippen molar-refractivity contribution in [3.8, 4) is 0 Å². The Labute approximate surface area is 144 Å². The summed E-state index contributed by atoms with van der Waals surface area (Å²) in [5.41, 5.74) is 2.22. The Kier molecular flexibility index (Phi) is 8.72. The minimum Gasteiger partial charge on any atom is -0.354 e. The van der Waals surface area contributed by atoms with Crippen molar-refractivity contribution in [3.05, 3.63) is 35.4 Å². The zero-order valence-corrected chi connectivity index (χ0v) is 14.8. The van der Waals surface area contributed by atoms with Crippen LogP contribution in [-0.2, 0) is 27.2 Å². The number of carbonyl (C=O) groups excluding carboxylic acids is 3. The summed E-state index contributed by atoms with van der Waals surface area (Å²) in [7, 11) is 0. The molecule has 0 fully saturated rings. The standard InChI is InChI=1S/C16H21IN2O3/c1-2-12-3-5-13(6-4-12)11-16(22)19-10-9-18-15(21)8-7-14(17)20/h3-6H,2,7-11H2,1H3,(H,18,21)(H,19,22). The second-order valence-corrected chi connectivity index (χ2v) is 6.11. The van der Waals surface area contributed by atoms with Crippen LogP contribution >= 0.6 is 22.6 Å². The molecular formula is C16H21IN2O3. The lowest BCUT2D eigenvalue weighted by Gasteiger charge is -2.07. The maximum Gasteiger partial charge on any atom is 0.224 e. The van der Waals surface area contributed by atoms with Gasteiger partial charge in [0.15, 0.2) is 3.79 Å². The summed E-state index contributed by atoms with van der Waals surface area (Å²) in [6, 6.07) is 7.97. The van der Waals surface area contributed by atoms with Gasteiger partial charge in [-0.1, -0.05) is 31.2 Å². The van der Waals surface area contributed by atoms with Gasteiger partial charge in [-0.25, -0.2) is 0 Å². The smallest absolute Gasteiger partial charge is 0.224 e. The molecule has 2 N–H and O–H groups in total. The molecule has 0 saturated carbocycles. The summed E-state index contributed by atoms with van der Waals surface area (Å²) < 4.78 is -0.0323. The number of aryl methyl sites for hydroxylation is 1. The van der Waals surface area contributed by atoms with E-state index in [1.165, 1.54) is 5.56 Å². The van der Waals surface area contributed by atoms with Crippen molar-refractivity contribution in [3.63, 3.8) is 0 Å². The fourth-order valence-corrected chi connectivity index (χ4v) is 2.11. The molecule has 22 heavy (non-hydrogen) atoms. The number of rotatable bonds is 9. The van der Waals surface area contributed by atoms with Crippen LogP contribution in [0.5, 0.6) is 0 Å². The van der Waals surface area contributed by atoms with E-state index in [9.17, 15) is 14.4 Å². The van der Waals surface area contributed by atoms with Gasteiger partial charge in [-0.05, 0) is 40.1 Å². The van der Waals surface area contributed by atoms with Gasteiger partial charge in [0.25, 0.3) is 0 Å². The number of carbonyl (C=O) groups is 3. The Morgan fingerprint density at radius 3 is 2.00 bits per heavy atom. The van der Waals surface area contributed by atoms with E-state index in [2.05, 4.69) is 17.6 Å². The first kappa shape index (κ1) is 18.6. The Hall–Kier alpha value is -1.44. The molecular weight excluding hydrogens is 395 g/mol. The van der Waals surface area contributed by atoms with Crippen LogP contribution in [0.4, 0.5) is 0 Å². The quantitative estimate of drug-likeness (QED) is 0.366. The predicted octanol–water partition coefficient (Wildman–Crippen LogP) is 1.77. The van der Waals surface area contributed by atoms with Gasteiger partial charge in [0.05, 0.1) is 6.42 Å². The van der Waals surface area contributed by atoms with Crippen LogP contribution in [-0.4, -0.2) is 28.7 Å². The topological polar surface area (TPSA) is 75.3 Å². The van der Waals surface area contributed by atoms with Crippen molar-refractivity contribution in [2.45, 2.75) is 32.6 Å². The number of hydrogen-bond acceptors (Lipinski definition) is 3. The van der Waals surface area contributed by atoms with E-state index in [4.69, 9.17) is 0 Å². The van der Waals surface area contributed by atoms with Crippen LogP contribution in [0.2, 0.25) is 0 Å². The average Bonchev–Trinajstić information content (AvgIpc) is 2.50. The molecule has 120 valence electrons. The Morgan fingerprint density at radius 2 is 1.45 bits per heavy atom. The van der Waals surface area contributed by atoms with Gasteiger partial charge in [-0.15, -0.1) is 0 Å². The van der Waals surface area contributed by atoms with Gasteiger partial charge in [0, 0.05) is 25.9 Å². The fraction of sp³-hybridized carbons (Fsp3) is 0.438. The van der Waals surface area contributed by atoms with Gasteiger partial charge in [0.1, 0.15) is 0 Å². The summed E-state index contributed by atoms with van der Waals surface area (Å²) in [5, 5.41) is 5.42. The molecule has 0 atom stereocenters. The molecule has 5 nitrogen and oxygen atoms in total. The van der Waals surface area contributed by atoms with Crippen LogP contribution in [0.15, 0.2) is 24.3 Å². The first-order valence-electron chi connectivity index (χ1n) is 7.30.